The summed E-state index contributed by atoms with van der Waals surface area (Å²) >= 11 is 6.06. The van der Waals surface area contributed by atoms with Gasteiger partial charge < -0.3 is 10.3 Å². The van der Waals surface area contributed by atoms with Crippen molar-refractivity contribution in [2.45, 2.75) is 13.8 Å². The number of halogens is 1. The molecule has 1 aromatic heterocycles. The predicted molar refractivity (Wildman–Crippen MR) is 60.8 cm³/mol. The van der Waals surface area contributed by atoms with Gasteiger partial charge in [0.15, 0.2) is 0 Å². The van der Waals surface area contributed by atoms with Crippen molar-refractivity contribution >= 4 is 17.5 Å². The number of hydrogen-bond donors (Lipinski definition) is 1. The van der Waals surface area contributed by atoms with Crippen molar-refractivity contribution in [1.29, 1.82) is 0 Å². The number of aryl methyl sites for hydroxylation is 1. The minimum Gasteiger partial charge on any atom is -0.367 e. The molecule has 78 valence electrons. The molecule has 2 aromatic rings. The van der Waals surface area contributed by atoms with Crippen LogP contribution in [0.4, 0.5) is 5.88 Å². The van der Waals surface area contributed by atoms with Crippen LogP contribution in [0.15, 0.2) is 22.9 Å². The van der Waals surface area contributed by atoms with E-state index < -0.39 is 0 Å². The molecular formula is C11H11ClN2O. The SMILES string of the molecule is Cc1ccc(Cl)c(C)c1-c1cnoc1N. The summed E-state index contributed by atoms with van der Waals surface area (Å²) in [5.41, 5.74) is 9.58. The van der Waals surface area contributed by atoms with Crippen molar-refractivity contribution in [3.05, 3.63) is 34.5 Å². The molecule has 15 heavy (non-hydrogen) atoms. The first-order chi connectivity index (χ1) is 7.11. The third-order valence-electron chi connectivity index (χ3n) is 2.47. The standard InChI is InChI=1S/C11H11ClN2O/c1-6-3-4-9(12)7(2)10(6)8-5-14-15-11(8)13/h3-5H,13H2,1-2H3. The molecule has 0 aliphatic rings. The van der Waals surface area contributed by atoms with Crippen LogP contribution in [0.1, 0.15) is 11.1 Å². The monoisotopic (exact) mass is 222 g/mol. The summed E-state index contributed by atoms with van der Waals surface area (Å²) in [5, 5.41) is 4.39. The predicted octanol–water partition coefficient (Wildman–Crippen LogP) is 3.19. The topological polar surface area (TPSA) is 52.0 Å². The van der Waals surface area contributed by atoms with E-state index in [4.69, 9.17) is 21.9 Å². The quantitative estimate of drug-likeness (QED) is 0.806. The third-order valence-corrected chi connectivity index (χ3v) is 2.88. The van der Waals surface area contributed by atoms with Crippen LogP contribution in [0.5, 0.6) is 0 Å². The van der Waals surface area contributed by atoms with Gasteiger partial charge in [-0.1, -0.05) is 22.8 Å². The Kier molecular flexibility index (Phi) is 2.40. The van der Waals surface area contributed by atoms with Gasteiger partial charge in [-0.25, -0.2) is 0 Å². The second-order valence-corrected chi connectivity index (χ2v) is 3.88. The minimum atomic E-state index is 0.323. The van der Waals surface area contributed by atoms with E-state index in [0.29, 0.717) is 5.88 Å². The summed E-state index contributed by atoms with van der Waals surface area (Å²) in [7, 11) is 0. The lowest BCUT2D eigenvalue weighted by Crippen LogP contribution is -1.91. The Hall–Kier alpha value is -1.48. The molecule has 3 nitrogen and oxygen atoms in total. The fraction of sp³-hybridized carbons (Fsp3) is 0.182. The molecule has 4 heteroatoms. The van der Waals surface area contributed by atoms with E-state index >= 15 is 0 Å². The number of hydrogen-bond acceptors (Lipinski definition) is 3. The average Bonchev–Trinajstić information content (AvgIpc) is 2.60. The van der Waals surface area contributed by atoms with Gasteiger partial charge in [0.05, 0.1) is 11.8 Å². The number of rotatable bonds is 1. The van der Waals surface area contributed by atoms with Crippen molar-refractivity contribution in [2.24, 2.45) is 0 Å². The van der Waals surface area contributed by atoms with Crippen LogP contribution in [0, 0.1) is 13.8 Å². The van der Waals surface area contributed by atoms with Crippen molar-refractivity contribution in [3.8, 4) is 11.1 Å². The lowest BCUT2D eigenvalue weighted by molar-refractivity contribution is 0.436. The minimum absolute atomic E-state index is 0.323. The number of nitrogens with two attached hydrogens (primary N) is 1. The highest BCUT2D eigenvalue weighted by Crippen LogP contribution is 2.34. The molecule has 1 aromatic carbocycles. The smallest absolute Gasteiger partial charge is 0.229 e. The van der Waals surface area contributed by atoms with Crippen LogP contribution in [0.25, 0.3) is 11.1 Å². The van der Waals surface area contributed by atoms with Crippen molar-refractivity contribution in [1.82, 2.24) is 5.16 Å². The molecule has 0 radical (unpaired) electrons. The molecule has 0 fully saturated rings. The van der Waals surface area contributed by atoms with Crippen molar-refractivity contribution in [3.63, 3.8) is 0 Å². The van der Waals surface area contributed by atoms with E-state index in [0.717, 1.165) is 27.3 Å². The first kappa shape index (κ1) is 10.1. The second-order valence-electron chi connectivity index (χ2n) is 3.47. The Labute approximate surface area is 92.8 Å². The van der Waals surface area contributed by atoms with E-state index in [1.165, 1.54) is 0 Å². The van der Waals surface area contributed by atoms with Gasteiger partial charge in [-0.3, -0.25) is 0 Å². The Morgan fingerprint density at radius 3 is 2.67 bits per heavy atom. The molecule has 0 unspecified atom stereocenters. The molecule has 0 aliphatic carbocycles. The van der Waals surface area contributed by atoms with Crippen LogP contribution in [0.2, 0.25) is 5.02 Å². The second kappa shape index (κ2) is 3.59. The van der Waals surface area contributed by atoms with Gasteiger partial charge in [0.1, 0.15) is 0 Å². The molecular weight excluding hydrogens is 212 g/mol. The van der Waals surface area contributed by atoms with Crippen LogP contribution >= 0.6 is 11.6 Å². The Morgan fingerprint density at radius 2 is 2.07 bits per heavy atom. The van der Waals surface area contributed by atoms with E-state index in [2.05, 4.69) is 5.16 Å². The van der Waals surface area contributed by atoms with Crippen molar-refractivity contribution < 1.29 is 4.52 Å². The number of nitrogen functional groups attached to an aromatic ring is 1. The zero-order valence-electron chi connectivity index (χ0n) is 8.54. The lowest BCUT2D eigenvalue weighted by Gasteiger charge is -2.09. The van der Waals surface area contributed by atoms with E-state index in [1.807, 2.05) is 26.0 Å². The molecule has 0 saturated carbocycles. The van der Waals surface area contributed by atoms with Crippen molar-refractivity contribution in [2.75, 3.05) is 5.73 Å². The summed E-state index contributed by atoms with van der Waals surface area (Å²) in [6.07, 6.45) is 1.61. The maximum absolute atomic E-state index is 6.06. The Morgan fingerprint density at radius 1 is 1.33 bits per heavy atom. The number of benzene rings is 1. The molecule has 2 N–H and O–H groups in total. The van der Waals surface area contributed by atoms with E-state index in [1.54, 1.807) is 6.20 Å². The van der Waals surface area contributed by atoms with E-state index in [-0.39, 0.29) is 0 Å². The molecule has 0 aliphatic heterocycles. The van der Waals surface area contributed by atoms with Crippen LogP contribution in [-0.4, -0.2) is 5.16 Å². The first-order valence-electron chi connectivity index (χ1n) is 4.57. The normalized spacial score (nSPS) is 10.6. The molecule has 0 amide bonds. The Balaban J connectivity index is 2.72. The fourth-order valence-electron chi connectivity index (χ4n) is 1.67. The van der Waals surface area contributed by atoms with Gasteiger partial charge in [0, 0.05) is 5.02 Å². The van der Waals surface area contributed by atoms with Crippen LogP contribution in [-0.2, 0) is 0 Å². The van der Waals surface area contributed by atoms with Crippen LogP contribution in [0.3, 0.4) is 0 Å². The van der Waals surface area contributed by atoms with Gasteiger partial charge in [-0.05, 0) is 36.6 Å². The highest BCUT2D eigenvalue weighted by atomic mass is 35.5. The highest BCUT2D eigenvalue weighted by molar-refractivity contribution is 6.31. The zero-order chi connectivity index (χ0) is 11.0. The largest absolute Gasteiger partial charge is 0.367 e. The summed E-state index contributed by atoms with van der Waals surface area (Å²) in [4.78, 5) is 0. The molecule has 0 saturated heterocycles. The molecule has 2 rings (SSSR count). The molecule has 1 heterocycles. The summed E-state index contributed by atoms with van der Waals surface area (Å²) in [6, 6.07) is 3.83. The summed E-state index contributed by atoms with van der Waals surface area (Å²) < 4.78 is 4.85. The lowest BCUT2D eigenvalue weighted by atomic mass is 9.98. The zero-order valence-corrected chi connectivity index (χ0v) is 9.30. The molecule has 0 bridgehead atoms. The number of nitrogens with zero attached hydrogens (tertiary/aromatic N) is 1. The fourth-order valence-corrected chi connectivity index (χ4v) is 1.83. The third kappa shape index (κ3) is 1.59. The molecule has 0 atom stereocenters. The summed E-state index contributed by atoms with van der Waals surface area (Å²) in [6.45, 7) is 3.96. The molecule has 0 spiro atoms. The highest BCUT2D eigenvalue weighted by Gasteiger charge is 2.13. The van der Waals surface area contributed by atoms with Crippen LogP contribution < -0.4 is 5.73 Å². The maximum atomic E-state index is 6.06. The first-order valence-corrected chi connectivity index (χ1v) is 4.95. The summed E-state index contributed by atoms with van der Waals surface area (Å²) in [5.74, 6) is 0.323. The number of anilines is 1. The Bertz CT molecular complexity index is 505. The van der Waals surface area contributed by atoms with E-state index in [9.17, 15) is 0 Å². The van der Waals surface area contributed by atoms with Gasteiger partial charge in [0.25, 0.3) is 0 Å². The van der Waals surface area contributed by atoms with Gasteiger partial charge >= 0.3 is 0 Å². The average molecular weight is 223 g/mol. The number of aromatic nitrogens is 1. The maximum Gasteiger partial charge on any atom is 0.229 e. The van der Waals surface area contributed by atoms with Gasteiger partial charge in [0.2, 0.25) is 5.88 Å². The van der Waals surface area contributed by atoms with Gasteiger partial charge in [-0.2, -0.15) is 0 Å². The van der Waals surface area contributed by atoms with Gasteiger partial charge in [-0.15, -0.1) is 0 Å².